The highest BCUT2D eigenvalue weighted by atomic mass is 32.2. The zero-order valence-electron chi connectivity index (χ0n) is 17.7. The lowest BCUT2D eigenvalue weighted by Gasteiger charge is -2.14. The van der Waals surface area contributed by atoms with Crippen molar-refractivity contribution in [3.63, 3.8) is 0 Å². The van der Waals surface area contributed by atoms with Crippen LogP contribution in [-0.2, 0) is 7.05 Å². The molecule has 0 aliphatic rings. The minimum Gasteiger partial charge on any atom is -0.494 e. The van der Waals surface area contributed by atoms with Crippen molar-refractivity contribution in [2.75, 3.05) is 25.7 Å². The van der Waals surface area contributed by atoms with Crippen LogP contribution in [0.25, 0.3) is 11.4 Å². The van der Waals surface area contributed by atoms with Crippen LogP contribution in [-0.4, -0.2) is 56.2 Å². The van der Waals surface area contributed by atoms with Crippen LogP contribution in [0.2, 0.25) is 0 Å². The number of hydrogen-bond donors (Lipinski definition) is 2. The number of nitrogens with zero attached hydrogens (tertiary/aromatic N) is 6. The van der Waals surface area contributed by atoms with E-state index in [4.69, 9.17) is 8.85 Å². The summed E-state index contributed by atoms with van der Waals surface area (Å²) >= 11 is 1.22. The van der Waals surface area contributed by atoms with Crippen molar-refractivity contribution in [2.24, 2.45) is 7.05 Å². The van der Waals surface area contributed by atoms with Gasteiger partial charge >= 0.3 is 0 Å². The number of anilines is 2. The fourth-order valence-corrected chi connectivity index (χ4v) is 2.62. The zero-order chi connectivity index (χ0) is 21.9. The number of carbonyl (C=O) groups excluding carboxylic acids is 1. The van der Waals surface area contributed by atoms with Crippen molar-refractivity contribution >= 4 is 29.2 Å². The summed E-state index contributed by atoms with van der Waals surface area (Å²) in [7, 11) is 3.23. The van der Waals surface area contributed by atoms with E-state index in [1.54, 1.807) is 42.5 Å². The largest absolute Gasteiger partial charge is 0.494 e. The molecule has 10 nitrogen and oxygen atoms in total. The Morgan fingerprint density at radius 1 is 1.37 bits per heavy atom. The van der Waals surface area contributed by atoms with Crippen LogP contribution in [0.3, 0.4) is 0 Å². The average Bonchev–Trinajstić information content (AvgIpc) is 3.12. The van der Waals surface area contributed by atoms with E-state index in [0.29, 0.717) is 28.0 Å². The second-order valence-electron chi connectivity index (χ2n) is 5.20. The molecule has 140 valence electrons. The van der Waals surface area contributed by atoms with E-state index in [1.807, 2.05) is 5.32 Å². The predicted molar refractivity (Wildman–Crippen MR) is 101 cm³/mol. The smallest absolute Gasteiger partial charge is 0.275 e. The van der Waals surface area contributed by atoms with Gasteiger partial charge in [0.25, 0.3) is 5.91 Å². The maximum Gasteiger partial charge on any atom is 0.275 e. The lowest BCUT2D eigenvalue weighted by atomic mass is 10.1. The van der Waals surface area contributed by atoms with Gasteiger partial charge in [-0.05, 0) is 18.4 Å². The average molecular weight is 389 g/mol. The van der Waals surface area contributed by atoms with Crippen LogP contribution in [0.15, 0.2) is 29.7 Å². The number of nitrogens with one attached hydrogen (secondary N) is 2. The molecule has 0 aliphatic carbocycles. The monoisotopic (exact) mass is 389 g/mol. The third-order valence-corrected chi connectivity index (χ3v) is 4.03. The number of methoxy groups -OCH3 is 1. The number of aryl methyl sites for hydroxylation is 1. The highest BCUT2D eigenvalue weighted by Gasteiger charge is 2.19. The summed E-state index contributed by atoms with van der Waals surface area (Å²) in [5, 5.41) is 17.1. The van der Waals surface area contributed by atoms with Gasteiger partial charge in [0.15, 0.2) is 23.1 Å². The van der Waals surface area contributed by atoms with Gasteiger partial charge in [0.2, 0.25) is 5.16 Å². The number of ether oxygens (including phenoxy) is 1. The summed E-state index contributed by atoms with van der Waals surface area (Å²) < 4.78 is 28.8. The first-order valence-electron chi connectivity index (χ1n) is 9.13. The van der Waals surface area contributed by atoms with Crippen molar-refractivity contribution in [1.82, 2.24) is 35.3 Å². The quantitative estimate of drug-likeness (QED) is 0.604. The molecule has 0 unspecified atom stereocenters. The number of carbonyl (C=O) groups is 1. The van der Waals surface area contributed by atoms with Gasteiger partial charge in [-0.2, -0.15) is 5.10 Å². The number of rotatable bonds is 6. The van der Waals surface area contributed by atoms with Gasteiger partial charge in [-0.3, -0.25) is 9.48 Å². The Morgan fingerprint density at radius 2 is 2.22 bits per heavy atom. The van der Waals surface area contributed by atoms with Crippen molar-refractivity contribution in [3.05, 3.63) is 30.2 Å². The Bertz CT molecular complexity index is 1070. The molecule has 2 N–H and O–H groups in total. The molecule has 0 saturated heterocycles. The molecule has 0 radical (unpaired) electrons. The van der Waals surface area contributed by atoms with Crippen LogP contribution in [0.4, 0.5) is 11.5 Å². The number of amides is 1. The molecular formula is C16H18N8O2S. The summed E-state index contributed by atoms with van der Waals surface area (Å²) in [6.07, 6.45) is 3.31. The van der Waals surface area contributed by atoms with Gasteiger partial charge in [0.05, 0.1) is 18.4 Å². The molecule has 0 spiro atoms. The van der Waals surface area contributed by atoms with Crippen molar-refractivity contribution in [2.45, 2.75) is 5.16 Å². The van der Waals surface area contributed by atoms with Crippen LogP contribution >= 0.6 is 11.8 Å². The molecule has 2 aromatic heterocycles. The molecule has 1 amide bonds. The lowest BCUT2D eigenvalue weighted by molar-refractivity contribution is 0.0957. The topological polar surface area (TPSA) is 120 Å². The van der Waals surface area contributed by atoms with E-state index in [2.05, 4.69) is 30.6 Å². The van der Waals surface area contributed by atoms with E-state index in [0.717, 1.165) is 0 Å². The molecule has 11 heteroatoms. The van der Waals surface area contributed by atoms with Crippen LogP contribution in [0.1, 0.15) is 14.6 Å². The normalized spacial score (nSPS) is 12.6. The van der Waals surface area contributed by atoms with Crippen LogP contribution in [0.5, 0.6) is 5.75 Å². The molecule has 27 heavy (non-hydrogen) atoms. The number of para-hydroxylation sites is 1. The summed E-state index contributed by atoms with van der Waals surface area (Å²) in [6, 6.07) is 5.24. The SMILES string of the molecule is [2H]C([2H])([2H])NC(=O)c1nnc(SC)nc1Nc1cccc(-c2ncn(C)n2)c1OC. The number of thioether (sulfide) groups is 1. The second kappa shape index (κ2) is 7.99. The summed E-state index contributed by atoms with van der Waals surface area (Å²) in [6.45, 7) is -2.68. The molecule has 0 atom stereocenters. The molecule has 0 bridgehead atoms. The molecule has 0 aliphatic heterocycles. The van der Waals surface area contributed by atoms with Gasteiger partial charge < -0.3 is 15.4 Å². The Labute approximate surface area is 164 Å². The number of hydrogen-bond acceptors (Lipinski definition) is 9. The molecule has 0 fully saturated rings. The van der Waals surface area contributed by atoms with E-state index in [9.17, 15) is 4.79 Å². The van der Waals surface area contributed by atoms with E-state index in [1.165, 1.54) is 18.9 Å². The zero-order valence-corrected chi connectivity index (χ0v) is 15.5. The summed E-state index contributed by atoms with van der Waals surface area (Å²) in [5.41, 5.74) is 0.800. The highest BCUT2D eigenvalue weighted by molar-refractivity contribution is 7.98. The van der Waals surface area contributed by atoms with E-state index >= 15 is 0 Å². The third kappa shape index (κ3) is 3.82. The molecule has 0 saturated carbocycles. The fraction of sp³-hybridized carbons (Fsp3) is 0.250. The van der Waals surface area contributed by atoms with Gasteiger partial charge in [0.1, 0.15) is 6.33 Å². The Morgan fingerprint density at radius 3 is 2.89 bits per heavy atom. The Hall–Kier alpha value is -3.21. The van der Waals surface area contributed by atoms with E-state index < -0.39 is 12.9 Å². The Kier molecular flexibility index (Phi) is 4.41. The predicted octanol–water partition coefficient (Wildman–Crippen LogP) is 1.50. The van der Waals surface area contributed by atoms with Gasteiger partial charge in [-0.25, -0.2) is 9.97 Å². The first kappa shape index (κ1) is 14.9. The summed E-state index contributed by atoms with van der Waals surface area (Å²) in [4.78, 5) is 20.9. The van der Waals surface area contributed by atoms with E-state index in [-0.39, 0.29) is 11.5 Å². The maximum absolute atomic E-state index is 12.4. The number of aromatic nitrogens is 6. The second-order valence-corrected chi connectivity index (χ2v) is 5.98. The van der Waals surface area contributed by atoms with Crippen LogP contribution in [0, 0.1) is 0 Å². The van der Waals surface area contributed by atoms with Gasteiger partial charge in [0, 0.05) is 18.1 Å². The van der Waals surface area contributed by atoms with Crippen LogP contribution < -0.4 is 15.4 Å². The number of benzene rings is 1. The minimum absolute atomic E-state index is 0.0283. The maximum atomic E-state index is 12.4. The third-order valence-electron chi connectivity index (χ3n) is 3.49. The molecular weight excluding hydrogens is 368 g/mol. The highest BCUT2D eigenvalue weighted by Crippen LogP contribution is 2.36. The first-order chi connectivity index (χ1) is 14.2. The molecule has 1 aromatic carbocycles. The lowest BCUT2D eigenvalue weighted by Crippen LogP contribution is -2.22. The molecule has 3 aromatic rings. The minimum atomic E-state index is -2.68. The first-order valence-corrected chi connectivity index (χ1v) is 8.85. The van der Waals surface area contributed by atoms with Gasteiger partial charge in [-0.1, -0.05) is 17.8 Å². The fourth-order valence-electron chi connectivity index (χ4n) is 2.32. The van der Waals surface area contributed by atoms with Crippen molar-refractivity contribution < 1.29 is 13.6 Å². The standard InChI is InChI=1S/C16H18N8O2S/c1-17-15(25)11-14(20-16(27-4)22-21-11)19-10-7-5-6-9(12(10)26-3)13-18-8-24(2)23-13/h5-8H,1-4H3,(H,17,25)(H,19,20,22)/i1D3. The summed E-state index contributed by atoms with van der Waals surface area (Å²) in [5.74, 6) is -0.0497. The van der Waals surface area contributed by atoms with Crippen molar-refractivity contribution in [1.29, 1.82) is 0 Å². The Balaban J connectivity index is 2.04. The van der Waals surface area contributed by atoms with Crippen molar-refractivity contribution in [3.8, 4) is 17.1 Å². The molecule has 2 heterocycles. The molecule has 3 rings (SSSR count). The van der Waals surface area contributed by atoms with Gasteiger partial charge in [-0.15, -0.1) is 10.2 Å².